The summed E-state index contributed by atoms with van der Waals surface area (Å²) in [5.74, 6) is -0.126. The van der Waals surface area contributed by atoms with Crippen molar-refractivity contribution in [1.29, 1.82) is 0 Å². The Morgan fingerprint density at radius 2 is 1.55 bits per heavy atom. The van der Waals surface area contributed by atoms with Gasteiger partial charge in [-0.15, -0.1) is 0 Å². The maximum absolute atomic E-state index is 11.6. The molecule has 0 aliphatic rings. The van der Waals surface area contributed by atoms with Crippen LogP contribution in [0.2, 0.25) is 13.1 Å². The Morgan fingerprint density at radius 1 is 1.00 bits per heavy atom. The molecule has 0 amide bonds. The van der Waals surface area contributed by atoms with Crippen LogP contribution in [-0.4, -0.2) is 21.2 Å². The SMILES string of the molecule is COC(=O)CCC(c1ccccc1)[Si](C)(C)c1ccccc1. The van der Waals surface area contributed by atoms with Crippen LogP contribution in [0.25, 0.3) is 0 Å². The van der Waals surface area contributed by atoms with Crippen LogP contribution in [0.3, 0.4) is 0 Å². The van der Waals surface area contributed by atoms with Crippen molar-refractivity contribution < 1.29 is 9.53 Å². The van der Waals surface area contributed by atoms with Gasteiger partial charge in [-0.3, -0.25) is 4.79 Å². The first kappa shape index (κ1) is 16.5. The Morgan fingerprint density at radius 3 is 2.09 bits per heavy atom. The highest BCUT2D eigenvalue weighted by atomic mass is 28.3. The van der Waals surface area contributed by atoms with Gasteiger partial charge in [0.05, 0.1) is 15.2 Å². The van der Waals surface area contributed by atoms with Gasteiger partial charge in [-0.25, -0.2) is 0 Å². The molecular weight excluding hydrogens is 288 g/mol. The average molecular weight is 312 g/mol. The number of hydrogen-bond acceptors (Lipinski definition) is 2. The summed E-state index contributed by atoms with van der Waals surface area (Å²) < 4.78 is 4.83. The molecule has 0 fully saturated rings. The lowest BCUT2D eigenvalue weighted by molar-refractivity contribution is -0.140. The van der Waals surface area contributed by atoms with E-state index in [9.17, 15) is 4.79 Å². The second kappa shape index (κ2) is 7.41. The van der Waals surface area contributed by atoms with Gasteiger partial charge in [-0.2, -0.15) is 0 Å². The maximum Gasteiger partial charge on any atom is 0.305 e. The number of carbonyl (C=O) groups is 1. The third-order valence-electron chi connectivity index (χ3n) is 4.46. The van der Waals surface area contributed by atoms with E-state index in [4.69, 9.17) is 4.74 Å². The van der Waals surface area contributed by atoms with Crippen molar-refractivity contribution in [3.05, 3.63) is 66.2 Å². The van der Waals surface area contributed by atoms with E-state index < -0.39 is 8.07 Å². The first-order valence-electron chi connectivity index (χ1n) is 7.73. The van der Waals surface area contributed by atoms with Crippen LogP contribution in [0.15, 0.2) is 60.7 Å². The van der Waals surface area contributed by atoms with E-state index in [1.54, 1.807) is 0 Å². The molecule has 0 N–H and O–H groups in total. The smallest absolute Gasteiger partial charge is 0.305 e. The molecule has 2 aromatic carbocycles. The molecule has 0 aliphatic carbocycles. The lowest BCUT2D eigenvalue weighted by atomic mass is 10.1. The van der Waals surface area contributed by atoms with E-state index in [2.05, 4.69) is 67.7 Å². The fourth-order valence-corrected chi connectivity index (χ4v) is 6.41. The molecule has 0 radical (unpaired) electrons. The number of carbonyl (C=O) groups excluding carboxylic acids is 1. The molecule has 3 heteroatoms. The van der Waals surface area contributed by atoms with Gasteiger partial charge >= 0.3 is 5.97 Å². The number of hydrogen-bond donors (Lipinski definition) is 0. The maximum atomic E-state index is 11.6. The molecule has 0 bridgehead atoms. The molecular formula is C19H24O2Si. The Balaban J connectivity index is 2.33. The van der Waals surface area contributed by atoms with Crippen molar-refractivity contribution in [3.8, 4) is 0 Å². The van der Waals surface area contributed by atoms with Crippen LogP contribution >= 0.6 is 0 Å². The second-order valence-corrected chi connectivity index (χ2v) is 10.9. The minimum atomic E-state index is -1.74. The van der Waals surface area contributed by atoms with Gasteiger partial charge in [0.1, 0.15) is 0 Å². The Hall–Kier alpha value is -1.87. The molecule has 2 aromatic rings. The van der Waals surface area contributed by atoms with Gasteiger partial charge in [0.15, 0.2) is 0 Å². The lowest BCUT2D eigenvalue weighted by Crippen LogP contribution is -2.47. The summed E-state index contributed by atoms with van der Waals surface area (Å²) in [5.41, 5.74) is 1.72. The quantitative estimate of drug-likeness (QED) is 0.598. The number of rotatable bonds is 6. The van der Waals surface area contributed by atoms with Crippen LogP contribution in [0, 0.1) is 0 Å². The Bertz CT molecular complexity index is 593. The molecule has 2 nitrogen and oxygen atoms in total. The van der Waals surface area contributed by atoms with Crippen molar-refractivity contribution in [1.82, 2.24) is 0 Å². The average Bonchev–Trinajstić information content (AvgIpc) is 2.56. The first-order chi connectivity index (χ1) is 10.6. The second-order valence-electron chi connectivity index (χ2n) is 6.17. The first-order valence-corrected chi connectivity index (χ1v) is 10.8. The lowest BCUT2D eigenvalue weighted by Gasteiger charge is -2.33. The molecule has 116 valence electrons. The van der Waals surface area contributed by atoms with E-state index in [1.165, 1.54) is 17.9 Å². The van der Waals surface area contributed by atoms with Crippen LogP contribution in [0.4, 0.5) is 0 Å². The zero-order valence-electron chi connectivity index (χ0n) is 13.6. The molecule has 2 rings (SSSR count). The van der Waals surface area contributed by atoms with E-state index in [0.717, 1.165) is 6.42 Å². The van der Waals surface area contributed by atoms with Gasteiger partial charge in [0, 0.05) is 6.42 Å². The van der Waals surface area contributed by atoms with Gasteiger partial charge in [0.25, 0.3) is 0 Å². The summed E-state index contributed by atoms with van der Waals surface area (Å²) in [7, 11) is -0.279. The highest BCUT2D eigenvalue weighted by Gasteiger charge is 2.34. The number of methoxy groups -OCH3 is 1. The summed E-state index contributed by atoms with van der Waals surface area (Å²) in [6.45, 7) is 4.77. The summed E-state index contributed by atoms with van der Waals surface area (Å²) in [6.07, 6.45) is 1.31. The largest absolute Gasteiger partial charge is 0.469 e. The number of esters is 1. The normalized spacial score (nSPS) is 12.7. The zero-order valence-corrected chi connectivity index (χ0v) is 14.6. The summed E-state index contributed by atoms with van der Waals surface area (Å²) in [5, 5.41) is 1.42. The van der Waals surface area contributed by atoms with E-state index in [-0.39, 0.29) is 5.97 Å². The Labute approximate surface area is 134 Å². The fourth-order valence-electron chi connectivity index (χ4n) is 3.06. The van der Waals surface area contributed by atoms with Crippen molar-refractivity contribution in [2.24, 2.45) is 0 Å². The van der Waals surface area contributed by atoms with Crippen molar-refractivity contribution in [2.75, 3.05) is 7.11 Å². The number of benzene rings is 2. The molecule has 22 heavy (non-hydrogen) atoms. The predicted molar refractivity (Wildman–Crippen MR) is 94.0 cm³/mol. The van der Waals surface area contributed by atoms with Crippen LogP contribution in [-0.2, 0) is 9.53 Å². The minimum Gasteiger partial charge on any atom is -0.469 e. The predicted octanol–water partition coefficient (Wildman–Crippen LogP) is 3.88. The van der Waals surface area contributed by atoms with Gasteiger partial charge in [-0.1, -0.05) is 78.9 Å². The monoisotopic (exact) mass is 312 g/mol. The van der Waals surface area contributed by atoms with Gasteiger partial charge in [0.2, 0.25) is 0 Å². The van der Waals surface area contributed by atoms with Crippen LogP contribution in [0.1, 0.15) is 23.9 Å². The van der Waals surface area contributed by atoms with Crippen molar-refractivity contribution in [2.45, 2.75) is 31.5 Å². The topological polar surface area (TPSA) is 26.3 Å². The molecule has 0 saturated carbocycles. The summed E-state index contributed by atoms with van der Waals surface area (Å²) >= 11 is 0. The van der Waals surface area contributed by atoms with Crippen molar-refractivity contribution >= 4 is 19.2 Å². The van der Waals surface area contributed by atoms with Gasteiger partial charge in [-0.05, 0) is 17.5 Å². The number of ether oxygens (including phenoxy) is 1. The summed E-state index contributed by atoms with van der Waals surface area (Å²) in [4.78, 5) is 11.6. The molecule has 1 unspecified atom stereocenters. The molecule has 0 heterocycles. The molecule has 1 atom stereocenters. The van der Waals surface area contributed by atoms with Gasteiger partial charge < -0.3 is 4.74 Å². The third-order valence-corrected chi connectivity index (χ3v) is 8.64. The highest BCUT2D eigenvalue weighted by molar-refractivity contribution is 6.90. The van der Waals surface area contributed by atoms with Crippen LogP contribution < -0.4 is 5.19 Å². The Kier molecular flexibility index (Phi) is 5.55. The zero-order chi connectivity index (χ0) is 16.0. The molecule has 0 aromatic heterocycles. The summed E-state index contributed by atoms with van der Waals surface area (Å²) in [6, 6.07) is 21.3. The standard InChI is InChI=1S/C19H24O2Si/c1-21-19(20)15-14-18(16-10-6-4-7-11-16)22(2,3)17-12-8-5-9-13-17/h4-13,18H,14-15H2,1-3H3. The molecule has 0 aliphatic heterocycles. The van der Waals surface area contributed by atoms with E-state index in [0.29, 0.717) is 12.0 Å². The fraction of sp³-hybridized carbons (Fsp3) is 0.316. The van der Waals surface area contributed by atoms with Crippen molar-refractivity contribution in [3.63, 3.8) is 0 Å². The van der Waals surface area contributed by atoms with E-state index >= 15 is 0 Å². The molecule has 0 saturated heterocycles. The van der Waals surface area contributed by atoms with Crippen LogP contribution in [0.5, 0.6) is 0 Å². The third kappa shape index (κ3) is 3.86. The highest BCUT2D eigenvalue weighted by Crippen LogP contribution is 2.31. The molecule has 0 spiro atoms. The van der Waals surface area contributed by atoms with E-state index in [1.807, 2.05) is 6.07 Å². The minimum absolute atomic E-state index is 0.126.